The van der Waals surface area contributed by atoms with Crippen LogP contribution in [0.25, 0.3) is 0 Å². The molecule has 0 bridgehead atoms. The second kappa shape index (κ2) is 10.5. The first kappa shape index (κ1) is 17.6. The molecule has 0 saturated heterocycles. The van der Waals surface area contributed by atoms with Crippen LogP contribution in [-0.4, -0.2) is 45.7 Å². The van der Waals surface area contributed by atoms with E-state index < -0.39 is 11.9 Å². The highest BCUT2D eigenvalue weighted by atomic mass is 33.1. The Morgan fingerprint density at radius 3 is 1.50 bits per heavy atom. The van der Waals surface area contributed by atoms with Gasteiger partial charge in [-0.15, -0.1) is 0 Å². The van der Waals surface area contributed by atoms with Gasteiger partial charge in [0.1, 0.15) is 0 Å². The average Bonchev–Trinajstić information content (AvgIpc) is 2.29. The minimum Gasteiger partial charge on any atom is -0.481 e. The summed E-state index contributed by atoms with van der Waals surface area (Å²) in [5, 5.41) is 17.0. The van der Waals surface area contributed by atoms with Crippen LogP contribution in [0.1, 0.15) is 25.7 Å². The van der Waals surface area contributed by atoms with Crippen LogP contribution in [0.3, 0.4) is 0 Å². The van der Waals surface area contributed by atoms with E-state index in [0.29, 0.717) is 24.3 Å². The van der Waals surface area contributed by atoms with Crippen LogP contribution in [0.2, 0.25) is 0 Å². The van der Waals surface area contributed by atoms with Gasteiger partial charge in [-0.05, 0) is 12.8 Å². The molecule has 8 heteroatoms. The molecule has 106 valence electrons. The Bertz CT molecular complexity index is 240. The Morgan fingerprint density at radius 2 is 1.22 bits per heavy atom. The number of carboxylic acids is 2. The summed E-state index contributed by atoms with van der Waals surface area (Å²) in [6.45, 7) is 0. The van der Waals surface area contributed by atoms with Gasteiger partial charge in [-0.2, -0.15) is 0 Å². The summed E-state index contributed by atoms with van der Waals surface area (Å²) in [5.74, 6) is -0.328. The van der Waals surface area contributed by atoms with Gasteiger partial charge in [-0.1, -0.05) is 21.6 Å². The third-order valence-corrected chi connectivity index (χ3v) is 4.72. The van der Waals surface area contributed by atoms with Crippen molar-refractivity contribution in [2.45, 2.75) is 37.8 Å². The highest BCUT2D eigenvalue weighted by Gasteiger charge is 2.08. The molecule has 0 aliphatic rings. The van der Waals surface area contributed by atoms with Crippen LogP contribution in [0.4, 0.5) is 0 Å². The quantitative estimate of drug-likeness (QED) is 0.325. The van der Waals surface area contributed by atoms with Crippen LogP contribution < -0.4 is 11.5 Å². The number of hydrogen-bond acceptors (Lipinski definition) is 6. The minimum absolute atomic E-state index is 0.0878. The molecule has 18 heavy (non-hydrogen) atoms. The van der Waals surface area contributed by atoms with E-state index in [2.05, 4.69) is 0 Å². The van der Waals surface area contributed by atoms with Gasteiger partial charge >= 0.3 is 11.9 Å². The first-order valence-electron chi connectivity index (χ1n) is 5.61. The van der Waals surface area contributed by atoms with E-state index >= 15 is 0 Å². The standard InChI is InChI=1S/C10H20N2O4S2/c11-7(1-3-9(13)14)5-17-18-6-8(12)2-4-10(15)16/h7-8H,1-6,11-12H2,(H,13,14)(H,15,16)/t7-,8-/m1/s1. The maximum Gasteiger partial charge on any atom is 0.303 e. The van der Waals surface area contributed by atoms with Crippen molar-refractivity contribution in [2.24, 2.45) is 11.5 Å². The molecule has 0 aromatic heterocycles. The predicted molar refractivity (Wildman–Crippen MR) is 74.6 cm³/mol. The van der Waals surface area contributed by atoms with Crippen molar-refractivity contribution in [1.29, 1.82) is 0 Å². The molecular weight excluding hydrogens is 276 g/mol. The zero-order valence-corrected chi connectivity index (χ0v) is 11.7. The second-order valence-electron chi connectivity index (χ2n) is 3.95. The largest absolute Gasteiger partial charge is 0.481 e. The lowest BCUT2D eigenvalue weighted by atomic mass is 10.2. The molecule has 0 aromatic carbocycles. The third-order valence-electron chi connectivity index (χ3n) is 2.11. The highest BCUT2D eigenvalue weighted by Crippen LogP contribution is 2.23. The molecule has 0 radical (unpaired) electrons. The Labute approximate surface area is 114 Å². The molecular formula is C10H20N2O4S2. The lowest BCUT2D eigenvalue weighted by Gasteiger charge is -2.11. The normalized spacial score (nSPS) is 14.1. The third kappa shape index (κ3) is 12.0. The number of carboxylic acid groups (broad SMARTS) is 2. The van der Waals surface area contributed by atoms with Gasteiger partial charge in [0.25, 0.3) is 0 Å². The van der Waals surface area contributed by atoms with E-state index in [1.807, 2.05) is 0 Å². The molecule has 0 rings (SSSR count). The number of nitrogens with two attached hydrogens (primary N) is 2. The Kier molecular flexibility index (Phi) is 10.2. The second-order valence-corrected chi connectivity index (χ2v) is 6.51. The topological polar surface area (TPSA) is 127 Å². The zero-order valence-electron chi connectivity index (χ0n) is 10.1. The summed E-state index contributed by atoms with van der Waals surface area (Å²) < 4.78 is 0. The molecule has 0 aliphatic carbocycles. The summed E-state index contributed by atoms with van der Waals surface area (Å²) in [6.07, 6.45) is 1.11. The fraction of sp³-hybridized carbons (Fsp3) is 0.800. The van der Waals surface area contributed by atoms with Crippen LogP contribution in [0.5, 0.6) is 0 Å². The summed E-state index contributed by atoms with van der Waals surface area (Å²) in [6, 6.07) is -0.261. The Morgan fingerprint density at radius 1 is 0.889 bits per heavy atom. The van der Waals surface area contributed by atoms with E-state index in [1.54, 1.807) is 21.6 Å². The van der Waals surface area contributed by atoms with Crippen LogP contribution in [-0.2, 0) is 9.59 Å². The van der Waals surface area contributed by atoms with E-state index in [9.17, 15) is 9.59 Å². The van der Waals surface area contributed by atoms with Crippen molar-refractivity contribution in [3.05, 3.63) is 0 Å². The van der Waals surface area contributed by atoms with Crippen molar-refractivity contribution in [2.75, 3.05) is 11.5 Å². The number of rotatable bonds is 11. The van der Waals surface area contributed by atoms with Gasteiger partial charge in [-0.25, -0.2) is 0 Å². The lowest BCUT2D eigenvalue weighted by Crippen LogP contribution is -2.25. The van der Waals surface area contributed by atoms with Gasteiger partial charge in [0.15, 0.2) is 0 Å². The summed E-state index contributed by atoms with van der Waals surface area (Å²) in [4.78, 5) is 20.6. The molecule has 0 spiro atoms. The molecule has 0 heterocycles. The summed E-state index contributed by atoms with van der Waals surface area (Å²) >= 11 is 0. The Balaban J connectivity index is 3.43. The first-order chi connectivity index (χ1) is 8.41. The van der Waals surface area contributed by atoms with Crippen LogP contribution >= 0.6 is 21.6 Å². The maximum absolute atomic E-state index is 10.3. The molecule has 6 nitrogen and oxygen atoms in total. The Hall–Kier alpha value is -0.440. The van der Waals surface area contributed by atoms with Gasteiger partial charge in [0, 0.05) is 36.4 Å². The summed E-state index contributed by atoms with van der Waals surface area (Å²) in [5.41, 5.74) is 11.5. The molecule has 0 amide bonds. The average molecular weight is 296 g/mol. The summed E-state index contributed by atoms with van der Waals surface area (Å²) in [7, 11) is 3.09. The zero-order chi connectivity index (χ0) is 14.0. The molecule has 2 atom stereocenters. The monoisotopic (exact) mass is 296 g/mol. The highest BCUT2D eigenvalue weighted by molar-refractivity contribution is 8.76. The van der Waals surface area contributed by atoms with Crippen molar-refractivity contribution in [1.82, 2.24) is 0 Å². The van der Waals surface area contributed by atoms with Crippen molar-refractivity contribution in [3.8, 4) is 0 Å². The number of carbonyl (C=O) groups is 2. The minimum atomic E-state index is -0.834. The van der Waals surface area contributed by atoms with Crippen LogP contribution in [0, 0.1) is 0 Å². The molecule has 0 fully saturated rings. The molecule has 6 N–H and O–H groups in total. The van der Waals surface area contributed by atoms with Crippen molar-refractivity contribution >= 4 is 33.5 Å². The fourth-order valence-corrected chi connectivity index (χ4v) is 3.56. The lowest BCUT2D eigenvalue weighted by molar-refractivity contribution is -0.138. The van der Waals surface area contributed by atoms with Gasteiger partial charge in [0.05, 0.1) is 0 Å². The molecule has 0 aliphatic heterocycles. The number of aliphatic carboxylic acids is 2. The molecule has 0 unspecified atom stereocenters. The maximum atomic E-state index is 10.3. The van der Waals surface area contributed by atoms with E-state index in [4.69, 9.17) is 21.7 Å². The van der Waals surface area contributed by atoms with Gasteiger partial charge < -0.3 is 21.7 Å². The van der Waals surface area contributed by atoms with Crippen molar-refractivity contribution < 1.29 is 19.8 Å². The van der Waals surface area contributed by atoms with Crippen molar-refractivity contribution in [3.63, 3.8) is 0 Å². The first-order valence-corrected chi connectivity index (χ1v) is 8.09. The molecule has 0 aromatic rings. The van der Waals surface area contributed by atoms with E-state index in [0.717, 1.165) is 0 Å². The van der Waals surface area contributed by atoms with E-state index in [1.165, 1.54) is 0 Å². The van der Waals surface area contributed by atoms with Gasteiger partial charge in [0.2, 0.25) is 0 Å². The number of hydrogen-bond donors (Lipinski definition) is 4. The van der Waals surface area contributed by atoms with Gasteiger partial charge in [-0.3, -0.25) is 9.59 Å². The van der Waals surface area contributed by atoms with Crippen LogP contribution in [0.15, 0.2) is 0 Å². The fourth-order valence-electron chi connectivity index (χ4n) is 1.06. The smallest absolute Gasteiger partial charge is 0.303 e. The SMILES string of the molecule is N[C@H](CCC(=O)O)CSSC[C@H](N)CCC(=O)O. The predicted octanol–water partition coefficient (Wildman–Crippen LogP) is 0.752. The molecule has 0 saturated carbocycles. The van der Waals surface area contributed by atoms with E-state index in [-0.39, 0.29) is 24.9 Å².